The minimum atomic E-state index is 0.0416. The number of nitriles is 2. The summed E-state index contributed by atoms with van der Waals surface area (Å²) in [6.07, 6.45) is 2.45. The average molecular weight is 275 g/mol. The van der Waals surface area contributed by atoms with E-state index in [9.17, 15) is 0 Å². The molecule has 1 aliphatic heterocycles. The van der Waals surface area contributed by atoms with Gasteiger partial charge in [0.25, 0.3) is 0 Å². The van der Waals surface area contributed by atoms with E-state index in [-0.39, 0.29) is 5.57 Å². The number of fused-ring (bicyclic) bond motifs is 1. The van der Waals surface area contributed by atoms with Crippen molar-refractivity contribution in [3.8, 4) is 12.1 Å². The topological polar surface area (TPSA) is 64.0 Å². The molecule has 21 heavy (non-hydrogen) atoms. The van der Waals surface area contributed by atoms with Crippen LogP contribution in [-0.2, 0) is 13.0 Å². The van der Waals surface area contributed by atoms with E-state index in [4.69, 9.17) is 14.9 Å². The van der Waals surface area contributed by atoms with Gasteiger partial charge in [-0.15, -0.1) is 0 Å². The first-order chi connectivity index (χ1) is 10.3. The average Bonchev–Trinajstić information content (AvgIpc) is 3.00. The van der Waals surface area contributed by atoms with Gasteiger partial charge in [0.15, 0.2) is 5.88 Å². The van der Waals surface area contributed by atoms with Crippen LogP contribution in [0.1, 0.15) is 16.9 Å². The third-order valence-electron chi connectivity index (χ3n) is 3.58. The van der Waals surface area contributed by atoms with Crippen molar-refractivity contribution >= 4 is 12.0 Å². The summed E-state index contributed by atoms with van der Waals surface area (Å²) < 4.78 is 5.72. The lowest BCUT2D eigenvalue weighted by Crippen LogP contribution is -2.29. The highest BCUT2D eigenvalue weighted by atomic mass is 16.4. The summed E-state index contributed by atoms with van der Waals surface area (Å²) in [5.74, 6) is 1.30. The Hall–Kier alpha value is -2.98. The lowest BCUT2D eigenvalue weighted by molar-refractivity contribution is 0.527. The van der Waals surface area contributed by atoms with E-state index in [1.54, 1.807) is 6.07 Å². The molecule has 0 spiro atoms. The van der Waals surface area contributed by atoms with Crippen molar-refractivity contribution in [2.24, 2.45) is 0 Å². The number of nitrogens with zero attached hydrogens (tertiary/aromatic N) is 3. The van der Waals surface area contributed by atoms with Crippen LogP contribution in [-0.4, -0.2) is 6.54 Å². The zero-order valence-electron chi connectivity index (χ0n) is 11.4. The zero-order chi connectivity index (χ0) is 14.7. The minimum Gasteiger partial charge on any atom is -0.441 e. The van der Waals surface area contributed by atoms with E-state index in [1.807, 2.05) is 24.3 Å². The second kappa shape index (κ2) is 5.56. The van der Waals surface area contributed by atoms with Gasteiger partial charge in [0.2, 0.25) is 0 Å². The molecule has 0 unspecified atom stereocenters. The molecule has 4 heteroatoms. The fourth-order valence-electron chi connectivity index (χ4n) is 2.51. The Balaban J connectivity index is 1.81. The van der Waals surface area contributed by atoms with Crippen LogP contribution in [0.4, 0.5) is 5.88 Å². The van der Waals surface area contributed by atoms with Crippen molar-refractivity contribution in [1.29, 1.82) is 10.5 Å². The molecule has 0 amide bonds. The SMILES string of the molecule is N#CC(C#N)=Cc1ccc(N2CCc3ccccc3C2)o1. The maximum Gasteiger partial charge on any atom is 0.196 e. The number of rotatable bonds is 2. The van der Waals surface area contributed by atoms with Gasteiger partial charge in [-0.3, -0.25) is 0 Å². The molecule has 102 valence electrons. The van der Waals surface area contributed by atoms with E-state index >= 15 is 0 Å². The maximum absolute atomic E-state index is 8.76. The fourth-order valence-corrected chi connectivity index (χ4v) is 2.51. The first kappa shape index (κ1) is 13.0. The van der Waals surface area contributed by atoms with E-state index in [1.165, 1.54) is 17.2 Å². The van der Waals surface area contributed by atoms with Crippen LogP contribution in [0, 0.1) is 22.7 Å². The van der Waals surface area contributed by atoms with Gasteiger partial charge >= 0.3 is 0 Å². The molecule has 1 aliphatic rings. The molecular weight excluding hydrogens is 262 g/mol. The lowest BCUT2D eigenvalue weighted by atomic mass is 10.0. The van der Waals surface area contributed by atoms with Gasteiger partial charge in [-0.25, -0.2) is 0 Å². The van der Waals surface area contributed by atoms with Crippen molar-refractivity contribution in [1.82, 2.24) is 0 Å². The molecule has 0 fully saturated rings. The second-order valence-electron chi connectivity index (χ2n) is 4.90. The molecule has 2 heterocycles. The number of anilines is 1. The summed E-state index contributed by atoms with van der Waals surface area (Å²) in [5.41, 5.74) is 2.74. The second-order valence-corrected chi connectivity index (χ2v) is 4.90. The Morgan fingerprint density at radius 1 is 1.10 bits per heavy atom. The molecule has 0 radical (unpaired) electrons. The Morgan fingerprint density at radius 3 is 2.62 bits per heavy atom. The molecule has 0 bridgehead atoms. The minimum absolute atomic E-state index is 0.0416. The molecule has 0 aliphatic carbocycles. The largest absolute Gasteiger partial charge is 0.441 e. The van der Waals surface area contributed by atoms with Crippen LogP contribution in [0.2, 0.25) is 0 Å². The van der Waals surface area contributed by atoms with Crippen molar-refractivity contribution in [3.05, 3.63) is 58.9 Å². The zero-order valence-corrected chi connectivity index (χ0v) is 11.4. The summed E-state index contributed by atoms with van der Waals surface area (Å²) in [5, 5.41) is 17.5. The highest BCUT2D eigenvalue weighted by molar-refractivity contribution is 5.60. The van der Waals surface area contributed by atoms with E-state index < -0.39 is 0 Å². The first-order valence-electron chi connectivity index (χ1n) is 6.73. The monoisotopic (exact) mass is 275 g/mol. The highest BCUT2D eigenvalue weighted by Gasteiger charge is 2.18. The van der Waals surface area contributed by atoms with Crippen LogP contribution in [0.5, 0.6) is 0 Å². The Kier molecular flexibility index (Phi) is 3.45. The number of allylic oxidation sites excluding steroid dienone is 1. The quantitative estimate of drug-likeness (QED) is 0.789. The smallest absolute Gasteiger partial charge is 0.196 e. The summed E-state index contributed by atoms with van der Waals surface area (Å²) >= 11 is 0. The van der Waals surface area contributed by atoms with Crippen LogP contribution >= 0.6 is 0 Å². The van der Waals surface area contributed by atoms with Crippen molar-refractivity contribution in [2.75, 3.05) is 11.4 Å². The molecule has 2 aromatic rings. The third-order valence-corrected chi connectivity index (χ3v) is 3.58. The molecule has 1 aromatic carbocycles. The van der Waals surface area contributed by atoms with Gasteiger partial charge in [-0.2, -0.15) is 10.5 Å². The van der Waals surface area contributed by atoms with Gasteiger partial charge < -0.3 is 9.32 Å². The Labute approximate surface area is 123 Å². The number of hydrogen-bond acceptors (Lipinski definition) is 4. The summed E-state index contributed by atoms with van der Waals surface area (Å²) in [4.78, 5) is 2.16. The van der Waals surface area contributed by atoms with Crippen molar-refractivity contribution in [2.45, 2.75) is 13.0 Å². The highest BCUT2D eigenvalue weighted by Crippen LogP contribution is 2.26. The van der Waals surface area contributed by atoms with Crippen molar-refractivity contribution in [3.63, 3.8) is 0 Å². The molecular formula is C17H13N3O. The summed E-state index contributed by atoms with van der Waals surface area (Å²) in [6.45, 7) is 1.72. The Morgan fingerprint density at radius 2 is 1.86 bits per heavy atom. The fraction of sp³-hybridized carbons (Fsp3) is 0.176. The van der Waals surface area contributed by atoms with Crippen LogP contribution < -0.4 is 4.90 Å². The normalized spacial score (nSPS) is 13.0. The number of hydrogen-bond donors (Lipinski definition) is 0. The molecule has 0 atom stereocenters. The first-order valence-corrected chi connectivity index (χ1v) is 6.73. The lowest BCUT2D eigenvalue weighted by Gasteiger charge is -2.28. The van der Waals surface area contributed by atoms with E-state index in [0.717, 1.165) is 25.4 Å². The summed E-state index contributed by atoms with van der Waals surface area (Å²) in [7, 11) is 0. The van der Waals surface area contributed by atoms with Gasteiger partial charge in [-0.05, 0) is 23.6 Å². The van der Waals surface area contributed by atoms with Gasteiger partial charge in [0.05, 0.1) is 0 Å². The summed E-state index contributed by atoms with van der Waals surface area (Å²) in [6, 6.07) is 15.7. The molecule has 1 aromatic heterocycles. The van der Waals surface area contributed by atoms with Gasteiger partial charge in [0.1, 0.15) is 23.5 Å². The predicted molar refractivity (Wildman–Crippen MR) is 79.1 cm³/mol. The van der Waals surface area contributed by atoms with Crippen LogP contribution in [0.25, 0.3) is 6.08 Å². The van der Waals surface area contributed by atoms with E-state index in [2.05, 4.69) is 23.1 Å². The third kappa shape index (κ3) is 2.66. The van der Waals surface area contributed by atoms with Crippen LogP contribution in [0.3, 0.4) is 0 Å². The van der Waals surface area contributed by atoms with Gasteiger partial charge in [0, 0.05) is 25.2 Å². The Bertz CT molecular complexity index is 758. The van der Waals surface area contributed by atoms with Gasteiger partial charge in [-0.1, -0.05) is 24.3 Å². The number of benzene rings is 1. The van der Waals surface area contributed by atoms with E-state index in [0.29, 0.717) is 5.76 Å². The molecule has 4 nitrogen and oxygen atoms in total. The maximum atomic E-state index is 8.76. The van der Waals surface area contributed by atoms with Crippen molar-refractivity contribution < 1.29 is 4.42 Å². The molecule has 3 rings (SSSR count). The predicted octanol–water partition coefficient (Wildman–Crippen LogP) is 3.27. The standard InChI is InChI=1S/C17H13N3O/c18-10-13(11-19)9-16-5-6-17(21-16)20-8-7-14-3-1-2-4-15(14)12-20/h1-6,9H,7-8,12H2. The van der Waals surface area contributed by atoms with Crippen LogP contribution in [0.15, 0.2) is 46.4 Å². The number of furan rings is 1. The molecule has 0 saturated heterocycles. The molecule has 0 N–H and O–H groups in total. The molecule has 0 saturated carbocycles.